The smallest absolute Gasteiger partial charge is 0.211 e. The van der Waals surface area contributed by atoms with E-state index in [1.807, 2.05) is 17.0 Å². The molecule has 8 heteroatoms. The quantitative estimate of drug-likeness (QED) is 0.792. The van der Waals surface area contributed by atoms with E-state index in [4.69, 9.17) is 0 Å². The van der Waals surface area contributed by atoms with Crippen molar-refractivity contribution in [2.75, 3.05) is 37.3 Å². The van der Waals surface area contributed by atoms with Gasteiger partial charge in [-0.2, -0.15) is 4.31 Å². The van der Waals surface area contributed by atoms with Crippen LogP contribution in [0.3, 0.4) is 0 Å². The maximum absolute atomic E-state index is 13.6. The Morgan fingerprint density at radius 1 is 1.18 bits per heavy atom. The zero-order valence-electron chi connectivity index (χ0n) is 12.0. The summed E-state index contributed by atoms with van der Waals surface area (Å²) in [5, 5.41) is 0.854. The average molecular weight is 388 g/mol. The van der Waals surface area contributed by atoms with Gasteiger partial charge in [-0.25, -0.2) is 17.8 Å². The molecule has 1 saturated heterocycles. The maximum atomic E-state index is 13.6. The molecule has 1 aliphatic rings. The first-order valence-electron chi connectivity index (χ1n) is 6.80. The second-order valence-electron chi connectivity index (χ2n) is 5.28. The van der Waals surface area contributed by atoms with Gasteiger partial charge in [-0.15, -0.1) is 0 Å². The van der Waals surface area contributed by atoms with Gasteiger partial charge < -0.3 is 4.90 Å². The lowest BCUT2D eigenvalue weighted by Crippen LogP contribution is -2.48. The van der Waals surface area contributed by atoms with E-state index in [0.717, 1.165) is 11.2 Å². The molecule has 1 fully saturated rings. The number of rotatable bonds is 2. The highest BCUT2D eigenvalue weighted by molar-refractivity contribution is 9.10. The largest absolute Gasteiger partial charge is 0.354 e. The molecule has 1 aromatic carbocycles. The van der Waals surface area contributed by atoms with Gasteiger partial charge in [0.2, 0.25) is 10.0 Å². The summed E-state index contributed by atoms with van der Waals surface area (Å²) in [6.45, 7) is 2.02. The van der Waals surface area contributed by atoms with E-state index >= 15 is 0 Å². The molecule has 0 amide bonds. The van der Waals surface area contributed by atoms with Crippen LogP contribution in [0.1, 0.15) is 0 Å². The Morgan fingerprint density at radius 2 is 1.86 bits per heavy atom. The minimum absolute atomic E-state index is 0.348. The van der Waals surface area contributed by atoms with Crippen molar-refractivity contribution in [3.8, 4) is 0 Å². The molecule has 0 saturated carbocycles. The van der Waals surface area contributed by atoms with E-state index < -0.39 is 10.0 Å². The molecular formula is C14H15BrFN3O2S. The number of halogens is 2. The van der Waals surface area contributed by atoms with Crippen LogP contribution in [0.25, 0.3) is 10.9 Å². The van der Waals surface area contributed by atoms with Crippen LogP contribution in [0.5, 0.6) is 0 Å². The standard InChI is InChI=1S/C14H15BrFN3O2S/c1-22(20,21)19-6-4-18(5-7-19)14-3-2-10-8-11(15)12(16)9-13(10)17-14/h2-3,8-9H,4-7H2,1H3. The van der Waals surface area contributed by atoms with Gasteiger partial charge in [0.15, 0.2) is 0 Å². The summed E-state index contributed by atoms with van der Waals surface area (Å²) in [5.74, 6) is 0.390. The number of piperazine rings is 1. The van der Waals surface area contributed by atoms with Gasteiger partial charge in [-0.3, -0.25) is 0 Å². The summed E-state index contributed by atoms with van der Waals surface area (Å²) in [6, 6.07) is 6.87. The summed E-state index contributed by atoms with van der Waals surface area (Å²) >= 11 is 3.16. The number of hydrogen-bond acceptors (Lipinski definition) is 4. The predicted octanol–water partition coefficient (Wildman–Crippen LogP) is 2.22. The third-order valence-corrected chi connectivity index (χ3v) is 5.66. The summed E-state index contributed by atoms with van der Waals surface area (Å²) in [4.78, 5) is 6.50. The monoisotopic (exact) mass is 387 g/mol. The molecule has 1 aliphatic heterocycles. The Labute approximate surface area is 136 Å². The number of pyridine rings is 1. The SMILES string of the molecule is CS(=O)(=O)N1CCN(c2ccc3cc(Br)c(F)cc3n2)CC1. The van der Waals surface area contributed by atoms with Crippen molar-refractivity contribution in [1.29, 1.82) is 0 Å². The Bertz CT molecular complexity index is 820. The molecule has 0 radical (unpaired) electrons. The topological polar surface area (TPSA) is 53.5 Å². The fourth-order valence-electron chi connectivity index (χ4n) is 2.53. The fraction of sp³-hybridized carbons (Fsp3) is 0.357. The van der Waals surface area contributed by atoms with Crippen molar-refractivity contribution in [3.63, 3.8) is 0 Å². The van der Waals surface area contributed by atoms with Crippen LogP contribution in [0.15, 0.2) is 28.7 Å². The lowest BCUT2D eigenvalue weighted by molar-refractivity contribution is 0.387. The number of hydrogen-bond donors (Lipinski definition) is 0. The molecule has 0 aliphatic carbocycles. The lowest BCUT2D eigenvalue weighted by Gasteiger charge is -2.34. The molecular weight excluding hydrogens is 373 g/mol. The molecule has 0 N–H and O–H groups in total. The summed E-state index contributed by atoms with van der Waals surface area (Å²) in [5.41, 5.74) is 0.587. The van der Waals surface area contributed by atoms with Crippen molar-refractivity contribution in [1.82, 2.24) is 9.29 Å². The van der Waals surface area contributed by atoms with Crippen LogP contribution in [0, 0.1) is 5.82 Å². The number of aromatic nitrogens is 1. The van der Waals surface area contributed by atoms with Crippen LogP contribution in [0.2, 0.25) is 0 Å². The van der Waals surface area contributed by atoms with Crippen molar-refractivity contribution in [2.45, 2.75) is 0 Å². The zero-order chi connectivity index (χ0) is 15.9. The summed E-state index contributed by atoms with van der Waals surface area (Å²) in [7, 11) is -3.15. The number of fused-ring (bicyclic) bond motifs is 1. The molecule has 3 rings (SSSR count). The molecule has 0 unspecified atom stereocenters. The third kappa shape index (κ3) is 3.09. The summed E-state index contributed by atoms with van der Waals surface area (Å²) in [6.07, 6.45) is 1.22. The first-order valence-corrected chi connectivity index (χ1v) is 9.44. The molecule has 0 bridgehead atoms. The third-order valence-electron chi connectivity index (χ3n) is 3.75. The van der Waals surface area contributed by atoms with Crippen molar-refractivity contribution in [3.05, 3.63) is 34.6 Å². The van der Waals surface area contributed by atoms with Gasteiger partial charge in [-0.05, 0) is 34.1 Å². The second-order valence-corrected chi connectivity index (χ2v) is 8.11. The van der Waals surface area contributed by atoms with Crippen LogP contribution in [0.4, 0.5) is 10.2 Å². The van der Waals surface area contributed by atoms with Gasteiger partial charge in [0.25, 0.3) is 0 Å². The van der Waals surface area contributed by atoms with Crippen LogP contribution < -0.4 is 4.90 Å². The van der Waals surface area contributed by atoms with Crippen LogP contribution in [-0.4, -0.2) is 50.1 Å². The number of nitrogens with zero attached hydrogens (tertiary/aromatic N) is 3. The zero-order valence-corrected chi connectivity index (χ0v) is 14.4. The molecule has 0 spiro atoms. The normalized spacial score (nSPS) is 17.1. The highest BCUT2D eigenvalue weighted by Crippen LogP contribution is 2.25. The minimum atomic E-state index is -3.15. The highest BCUT2D eigenvalue weighted by Gasteiger charge is 2.24. The van der Waals surface area contributed by atoms with Crippen molar-refractivity contribution < 1.29 is 12.8 Å². The van der Waals surface area contributed by atoms with E-state index in [9.17, 15) is 12.8 Å². The molecule has 5 nitrogen and oxygen atoms in total. The number of anilines is 1. The average Bonchev–Trinajstić information content (AvgIpc) is 2.47. The van der Waals surface area contributed by atoms with E-state index in [-0.39, 0.29) is 5.82 Å². The van der Waals surface area contributed by atoms with E-state index in [1.54, 1.807) is 6.07 Å². The van der Waals surface area contributed by atoms with Crippen molar-refractivity contribution >= 4 is 42.7 Å². The van der Waals surface area contributed by atoms with Gasteiger partial charge in [-0.1, -0.05) is 0 Å². The maximum Gasteiger partial charge on any atom is 0.211 e. The van der Waals surface area contributed by atoms with Gasteiger partial charge in [0.05, 0.1) is 16.2 Å². The molecule has 0 atom stereocenters. The molecule has 2 aromatic rings. The first kappa shape index (κ1) is 15.6. The Morgan fingerprint density at radius 3 is 2.50 bits per heavy atom. The first-order chi connectivity index (χ1) is 10.3. The highest BCUT2D eigenvalue weighted by atomic mass is 79.9. The van der Waals surface area contributed by atoms with Gasteiger partial charge >= 0.3 is 0 Å². The lowest BCUT2D eigenvalue weighted by atomic mass is 10.2. The molecule has 118 valence electrons. The van der Waals surface area contributed by atoms with E-state index in [1.165, 1.54) is 16.6 Å². The second kappa shape index (κ2) is 5.75. The van der Waals surface area contributed by atoms with Crippen molar-refractivity contribution in [2.24, 2.45) is 0 Å². The molecule has 2 heterocycles. The summed E-state index contributed by atoms with van der Waals surface area (Å²) < 4.78 is 38.5. The number of benzene rings is 1. The van der Waals surface area contributed by atoms with E-state index in [2.05, 4.69) is 20.9 Å². The van der Waals surface area contributed by atoms with Gasteiger partial charge in [0.1, 0.15) is 11.6 Å². The molecule has 1 aromatic heterocycles. The van der Waals surface area contributed by atoms with Crippen LogP contribution in [-0.2, 0) is 10.0 Å². The minimum Gasteiger partial charge on any atom is -0.354 e. The predicted molar refractivity (Wildman–Crippen MR) is 88.0 cm³/mol. The fourth-order valence-corrected chi connectivity index (χ4v) is 3.72. The number of sulfonamides is 1. The molecule has 22 heavy (non-hydrogen) atoms. The Balaban J connectivity index is 1.84. The van der Waals surface area contributed by atoms with Crippen LogP contribution >= 0.6 is 15.9 Å². The van der Waals surface area contributed by atoms with E-state index in [0.29, 0.717) is 36.2 Å². The Hall–Kier alpha value is -1.25. The Kier molecular flexibility index (Phi) is 4.09. The van der Waals surface area contributed by atoms with Gasteiger partial charge in [0, 0.05) is 37.6 Å².